The third kappa shape index (κ3) is 5.57. The average Bonchev–Trinajstić information content (AvgIpc) is 3.14. The summed E-state index contributed by atoms with van der Waals surface area (Å²) in [5.74, 6) is -1.40. The van der Waals surface area contributed by atoms with E-state index in [4.69, 9.17) is 0 Å². The molecule has 3 N–H and O–H groups in total. The molecule has 0 aliphatic carbocycles. The van der Waals surface area contributed by atoms with Crippen molar-refractivity contribution in [1.82, 2.24) is 14.9 Å². The Labute approximate surface area is 196 Å². The molecule has 0 saturated carbocycles. The maximum atomic E-state index is 13.3. The largest absolute Gasteiger partial charge is 0.478 e. The van der Waals surface area contributed by atoms with Gasteiger partial charge in [0.05, 0.1) is 28.7 Å². The Morgan fingerprint density at radius 1 is 1.00 bits per heavy atom. The van der Waals surface area contributed by atoms with Crippen LogP contribution >= 0.6 is 0 Å². The van der Waals surface area contributed by atoms with Crippen LogP contribution in [0.3, 0.4) is 0 Å². The van der Waals surface area contributed by atoms with Crippen molar-refractivity contribution < 1.29 is 32.3 Å². The first-order chi connectivity index (χ1) is 16.6. The van der Waals surface area contributed by atoms with Crippen LogP contribution in [0.15, 0.2) is 66.7 Å². The highest BCUT2D eigenvalue weighted by atomic mass is 19.4. The fourth-order valence-corrected chi connectivity index (χ4v) is 3.55. The number of carbonyl (C=O) groups excluding carboxylic acids is 1. The number of hydrogen-bond acceptors (Lipinski definition) is 3. The minimum Gasteiger partial charge on any atom is -0.478 e. The first-order valence-electron chi connectivity index (χ1n) is 10.3. The van der Waals surface area contributed by atoms with Gasteiger partial charge in [0.25, 0.3) is 0 Å². The van der Waals surface area contributed by atoms with Crippen LogP contribution in [0, 0.1) is 5.82 Å². The third-order valence-corrected chi connectivity index (χ3v) is 5.16. The minimum atomic E-state index is -4.51. The highest BCUT2D eigenvalue weighted by molar-refractivity contribution is 5.92. The number of benzene rings is 3. The van der Waals surface area contributed by atoms with E-state index < -0.39 is 29.6 Å². The Morgan fingerprint density at radius 2 is 1.77 bits per heavy atom. The highest BCUT2D eigenvalue weighted by Crippen LogP contribution is 2.30. The summed E-state index contributed by atoms with van der Waals surface area (Å²) in [7, 11) is 0. The van der Waals surface area contributed by atoms with E-state index in [0.717, 1.165) is 18.2 Å². The number of halogens is 4. The zero-order valence-electron chi connectivity index (χ0n) is 17.9. The van der Waals surface area contributed by atoms with Gasteiger partial charge in [-0.25, -0.2) is 19.0 Å². The van der Waals surface area contributed by atoms with E-state index in [9.17, 15) is 32.3 Å². The summed E-state index contributed by atoms with van der Waals surface area (Å²) in [4.78, 5) is 28.0. The molecule has 35 heavy (non-hydrogen) atoms. The predicted octanol–water partition coefficient (Wildman–Crippen LogP) is 5.26. The number of imidazole rings is 1. The number of carbonyl (C=O) groups is 2. The molecule has 0 atom stereocenters. The van der Waals surface area contributed by atoms with Crippen molar-refractivity contribution in [3.8, 4) is 0 Å². The summed E-state index contributed by atoms with van der Waals surface area (Å²) in [6.45, 7) is -0.132. The van der Waals surface area contributed by atoms with Crippen LogP contribution in [0.25, 0.3) is 11.0 Å². The normalized spacial score (nSPS) is 11.4. The molecule has 0 aliphatic rings. The Hall–Kier alpha value is -4.41. The van der Waals surface area contributed by atoms with Gasteiger partial charge < -0.3 is 20.3 Å². The second kappa shape index (κ2) is 9.45. The molecule has 4 rings (SSSR count). The van der Waals surface area contributed by atoms with Gasteiger partial charge >= 0.3 is 18.2 Å². The smallest absolute Gasteiger partial charge is 0.416 e. The molecule has 1 heterocycles. The second-order valence-corrected chi connectivity index (χ2v) is 7.64. The van der Waals surface area contributed by atoms with Gasteiger partial charge in [0.2, 0.25) is 0 Å². The first kappa shape index (κ1) is 23.7. The number of fused-ring (bicyclic) bond motifs is 1. The lowest BCUT2D eigenvalue weighted by Crippen LogP contribution is -2.29. The lowest BCUT2D eigenvalue weighted by atomic mass is 10.1. The van der Waals surface area contributed by atoms with Gasteiger partial charge in [-0.3, -0.25) is 0 Å². The Bertz CT molecular complexity index is 1420. The quantitative estimate of drug-likeness (QED) is 0.324. The molecule has 4 aromatic rings. The number of aromatic nitrogens is 2. The number of aromatic carboxylic acids is 1. The van der Waals surface area contributed by atoms with Crippen LogP contribution in [0.4, 0.5) is 28.0 Å². The SMILES string of the molecule is O=C(NCc1nc2cc(C(=O)O)ccc2n1Cc1cccc(C(F)(F)F)c1)Nc1cccc(F)c1. The van der Waals surface area contributed by atoms with Crippen molar-refractivity contribution in [3.63, 3.8) is 0 Å². The van der Waals surface area contributed by atoms with Gasteiger partial charge in [-0.15, -0.1) is 0 Å². The third-order valence-electron chi connectivity index (χ3n) is 5.16. The van der Waals surface area contributed by atoms with E-state index in [1.54, 1.807) is 4.57 Å². The van der Waals surface area contributed by atoms with Crippen LogP contribution in [-0.4, -0.2) is 26.7 Å². The molecule has 2 amide bonds. The summed E-state index contributed by atoms with van der Waals surface area (Å²) >= 11 is 0. The lowest BCUT2D eigenvalue weighted by molar-refractivity contribution is -0.137. The average molecular weight is 486 g/mol. The molecular weight excluding hydrogens is 468 g/mol. The number of hydrogen-bond donors (Lipinski definition) is 3. The van der Waals surface area contributed by atoms with E-state index in [-0.39, 0.29) is 30.2 Å². The first-order valence-corrected chi connectivity index (χ1v) is 10.3. The molecule has 1 aromatic heterocycles. The van der Waals surface area contributed by atoms with Gasteiger partial charge in [0, 0.05) is 12.2 Å². The highest BCUT2D eigenvalue weighted by Gasteiger charge is 2.30. The predicted molar refractivity (Wildman–Crippen MR) is 119 cm³/mol. The number of urea groups is 1. The molecule has 0 spiro atoms. The zero-order valence-corrected chi connectivity index (χ0v) is 17.9. The Kier molecular flexibility index (Phi) is 6.41. The molecule has 0 unspecified atom stereocenters. The minimum absolute atomic E-state index is 0.00460. The standard InChI is InChI=1S/C24H18F4N4O3/c25-17-5-2-6-18(11-17)30-23(35)29-12-21-31-19-10-15(22(33)34)7-8-20(19)32(21)13-14-3-1-4-16(9-14)24(26,27)28/h1-11H,12-13H2,(H,33,34)(H2,29,30,35). The molecule has 180 valence electrons. The maximum Gasteiger partial charge on any atom is 0.416 e. The summed E-state index contributed by atoms with van der Waals surface area (Å²) in [6.07, 6.45) is -4.51. The fraction of sp³-hybridized carbons (Fsp3) is 0.125. The lowest BCUT2D eigenvalue weighted by Gasteiger charge is -2.13. The molecule has 7 nitrogen and oxygen atoms in total. The Morgan fingerprint density at radius 3 is 2.49 bits per heavy atom. The van der Waals surface area contributed by atoms with Crippen molar-refractivity contribution in [2.75, 3.05) is 5.32 Å². The van der Waals surface area contributed by atoms with E-state index in [1.165, 1.54) is 48.5 Å². The summed E-state index contributed by atoms with van der Waals surface area (Å²) in [6, 6.07) is 13.7. The summed E-state index contributed by atoms with van der Waals surface area (Å²) in [5.41, 5.74) is 0.540. The van der Waals surface area contributed by atoms with Crippen LogP contribution in [0.2, 0.25) is 0 Å². The van der Waals surface area contributed by atoms with Crippen molar-refractivity contribution in [1.29, 1.82) is 0 Å². The van der Waals surface area contributed by atoms with E-state index in [0.29, 0.717) is 16.6 Å². The summed E-state index contributed by atoms with van der Waals surface area (Å²) < 4.78 is 54.4. The van der Waals surface area contributed by atoms with Gasteiger partial charge in [-0.05, 0) is 54.1 Å². The van der Waals surface area contributed by atoms with Crippen LogP contribution in [0.5, 0.6) is 0 Å². The van der Waals surface area contributed by atoms with Crippen LogP contribution in [0.1, 0.15) is 27.3 Å². The molecule has 0 aliphatic heterocycles. The molecule has 11 heteroatoms. The second-order valence-electron chi connectivity index (χ2n) is 7.64. The topological polar surface area (TPSA) is 96.2 Å². The number of carboxylic acid groups (broad SMARTS) is 1. The number of alkyl halides is 3. The van der Waals surface area contributed by atoms with Gasteiger partial charge in [-0.2, -0.15) is 13.2 Å². The van der Waals surface area contributed by atoms with Crippen LogP contribution < -0.4 is 10.6 Å². The number of nitrogens with zero attached hydrogens (tertiary/aromatic N) is 2. The van der Waals surface area contributed by atoms with Crippen molar-refractivity contribution in [2.24, 2.45) is 0 Å². The molecule has 0 bridgehead atoms. The van der Waals surface area contributed by atoms with Gasteiger partial charge in [0.1, 0.15) is 11.6 Å². The van der Waals surface area contributed by atoms with Crippen molar-refractivity contribution >= 4 is 28.7 Å². The number of amides is 2. The zero-order chi connectivity index (χ0) is 25.2. The molecule has 0 fully saturated rings. The molecule has 0 saturated heterocycles. The number of rotatable bonds is 6. The monoisotopic (exact) mass is 486 g/mol. The van der Waals surface area contributed by atoms with Gasteiger partial charge in [-0.1, -0.05) is 18.2 Å². The van der Waals surface area contributed by atoms with Crippen molar-refractivity contribution in [3.05, 3.63) is 95.1 Å². The maximum absolute atomic E-state index is 13.3. The van der Waals surface area contributed by atoms with Gasteiger partial charge in [0.15, 0.2) is 0 Å². The van der Waals surface area contributed by atoms with Crippen LogP contribution in [-0.2, 0) is 19.3 Å². The number of anilines is 1. The molecular formula is C24H18F4N4O3. The van der Waals surface area contributed by atoms with E-state index >= 15 is 0 Å². The fourth-order valence-electron chi connectivity index (χ4n) is 3.55. The molecule has 0 radical (unpaired) electrons. The Balaban J connectivity index is 1.63. The summed E-state index contributed by atoms with van der Waals surface area (Å²) in [5, 5.41) is 14.3. The van der Waals surface area contributed by atoms with Crippen molar-refractivity contribution in [2.45, 2.75) is 19.3 Å². The number of carboxylic acids is 1. The number of nitrogens with one attached hydrogen (secondary N) is 2. The van der Waals surface area contributed by atoms with E-state index in [1.807, 2.05) is 0 Å². The molecule has 3 aromatic carbocycles. The van der Waals surface area contributed by atoms with E-state index in [2.05, 4.69) is 15.6 Å².